The Morgan fingerprint density at radius 2 is 2.00 bits per heavy atom. The first-order chi connectivity index (χ1) is 9.95. The van der Waals surface area contributed by atoms with Crippen molar-refractivity contribution in [3.8, 4) is 17.1 Å². The van der Waals surface area contributed by atoms with Gasteiger partial charge in [-0.15, -0.1) is 0 Å². The third-order valence-electron chi connectivity index (χ3n) is 2.99. The fourth-order valence-corrected chi connectivity index (χ4v) is 1.92. The minimum atomic E-state index is -0.137. The molecular weight excluding hydrogens is 264 g/mol. The molecule has 21 heavy (non-hydrogen) atoms. The predicted octanol–water partition coefficient (Wildman–Crippen LogP) is 3.28. The van der Waals surface area contributed by atoms with Gasteiger partial charge in [-0.25, -0.2) is 9.97 Å². The summed E-state index contributed by atoms with van der Waals surface area (Å²) in [4.78, 5) is 13.7. The molecular formula is C16H22N4O. The quantitative estimate of drug-likeness (QED) is 0.934. The first-order valence-corrected chi connectivity index (χ1v) is 7.08. The molecule has 0 aliphatic carbocycles. The van der Waals surface area contributed by atoms with Gasteiger partial charge in [-0.3, -0.25) is 4.98 Å². The number of hydrogen-bond acceptors (Lipinski definition) is 5. The number of anilines is 1. The average molecular weight is 286 g/mol. The highest BCUT2D eigenvalue weighted by molar-refractivity contribution is 5.65. The molecule has 0 spiro atoms. The van der Waals surface area contributed by atoms with Gasteiger partial charge in [-0.05, 0) is 19.1 Å². The summed E-state index contributed by atoms with van der Waals surface area (Å²) in [7, 11) is 1.64. The molecule has 0 aliphatic rings. The molecule has 0 saturated heterocycles. The van der Waals surface area contributed by atoms with E-state index in [0.717, 1.165) is 29.6 Å². The number of pyridine rings is 1. The lowest BCUT2D eigenvalue weighted by molar-refractivity contribution is 0.414. The summed E-state index contributed by atoms with van der Waals surface area (Å²) in [5.41, 5.74) is 1.36. The van der Waals surface area contributed by atoms with Gasteiger partial charge in [-0.1, -0.05) is 20.8 Å². The minimum Gasteiger partial charge on any atom is -0.494 e. The molecule has 0 aromatic carbocycles. The number of methoxy groups -OCH3 is 1. The highest BCUT2D eigenvalue weighted by atomic mass is 16.5. The summed E-state index contributed by atoms with van der Waals surface area (Å²) >= 11 is 0. The van der Waals surface area contributed by atoms with Gasteiger partial charge in [0.2, 0.25) is 0 Å². The van der Waals surface area contributed by atoms with Crippen molar-refractivity contribution in [1.82, 2.24) is 15.0 Å². The second-order valence-electron chi connectivity index (χ2n) is 5.80. The number of aromatic nitrogens is 3. The Kier molecular flexibility index (Phi) is 4.40. The van der Waals surface area contributed by atoms with Crippen molar-refractivity contribution in [3.05, 3.63) is 30.2 Å². The van der Waals surface area contributed by atoms with Crippen LogP contribution in [0.5, 0.6) is 5.75 Å². The zero-order valence-electron chi connectivity index (χ0n) is 13.3. The van der Waals surface area contributed by atoms with Gasteiger partial charge in [0, 0.05) is 24.2 Å². The van der Waals surface area contributed by atoms with Crippen LogP contribution in [-0.4, -0.2) is 28.6 Å². The van der Waals surface area contributed by atoms with Crippen LogP contribution < -0.4 is 10.1 Å². The molecule has 0 saturated carbocycles. The lowest BCUT2D eigenvalue weighted by Crippen LogP contribution is -2.18. The first kappa shape index (κ1) is 15.2. The Morgan fingerprint density at radius 1 is 1.24 bits per heavy atom. The standard InChI is InChI=1S/C16H22N4O/c1-6-17-13-10-11(19-15(20-13)16(2,3)4)14-12(21-5)8-7-9-18-14/h7-10H,6H2,1-5H3,(H,17,19,20). The van der Waals surface area contributed by atoms with E-state index in [0.29, 0.717) is 5.75 Å². The molecule has 1 N–H and O–H groups in total. The second-order valence-corrected chi connectivity index (χ2v) is 5.80. The number of ether oxygens (including phenoxy) is 1. The Balaban J connectivity index is 2.59. The van der Waals surface area contributed by atoms with Crippen molar-refractivity contribution in [2.45, 2.75) is 33.1 Å². The van der Waals surface area contributed by atoms with Crippen molar-refractivity contribution >= 4 is 5.82 Å². The van der Waals surface area contributed by atoms with Crippen LogP contribution in [0, 0.1) is 0 Å². The Morgan fingerprint density at radius 3 is 2.62 bits per heavy atom. The van der Waals surface area contributed by atoms with Gasteiger partial charge < -0.3 is 10.1 Å². The van der Waals surface area contributed by atoms with E-state index in [1.807, 2.05) is 25.1 Å². The van der Waals surface area contributed by atoms with Crippen LogP contribution in [0.25, 0.3) is 11.4 Å². The fourth-order valence-electron chi connectivity index (χ4n) is 1.92. The lowest BCUT2D eigenvalue weighted by atomic mass is 9.95. The monoisotopic (exact) mass is 286 g/mol. The largest absolute Gasteiger partial charge is 0.494 e. The van der Waals surface area contributed by atoms with Gasteiger partial charge >= 0.3 is 0 Å². The van der Waals surface area contributed by atoms with E-state index in [1.54, 1.807) is 13.3 Å². The van der Waals surface area contributed by atoms with E-state index >= 15 is 0 Å². The SMILES string of the molecule is CCNc1cc(-c2ncccc2OC)nc(C(C)(C)C)n1. The van der Waals surface area contributed by atoms with E-state index in [4.69, 9.17) is 4.74 Å². The average Bonchev–Trinajstić information content (AvgIpc) is 2.46. The van der Waals surface area contributed by atoms with Crippen LogP contribution >= 0.6 is 0 Å². The van der Waals surface area contributed by atoms with Gasteiger partial charge in [0.25, 0.3) is 0 Å². The third kappa shape index (κ3) is 3.48. The summed E-state index contributed by atoms with van der Waals surface area (Å²) in [6.45, 7) is 9.13. The van der Waals surface area contributed by atoms with E-state index in [1.165, 1.54) is 0 Å². The zero-order valence-corrected chi connectivity index (χ0v) is 13.3. The Hall–Kier alpha value is -2.17. The molecule has 2 aromatic heterocycles. The van der Waals surface area contributed by atoms with Crippen molar-refractivity contribution in [1.29, 1.82) is 0 Å². The number of hydrogen-bond donors (Lipinski definition) is 1. The van der Waals surface area contributed by atoms with Gasteiger partial charge in [0.15, 0.2) is 0 Å². The molecule has 0 bridgehead atoms. The van der Waals surface area contributed by atoms with Crippen LogP contribution in [-0.2, 0) is 5.41 Å². The zero-order chi connectivity index (χ0) is 15.5. The van der Waals surface area contributed by atoms with Crippen LogP contribution in [0.2, 0.25) is 0 Å². The summed E-state index contributed by atoms with van der Waals surface area (Å²) < 4.78 is 5.38. The van der Waals surface area contributed by atoms with Crippen molar-refractivity contribution in [2.24, 2.45) is 0 Å². The smallest absolute Gasteiger partial charge is 0.146 e. The maximum absolute atomic E-state index is 5.38. The van der Waals surface area contributed by atoms with E-state index < -0.39 is 0 Å². The van der Waals surface area contributed by atoms with Crippen LogP contribution in [0.1, 0.15) is 33.5 Å². The van der Waals surface area contributed by atoms with Crippen molar-refractivity contribution in [3.63, 3.8) is 0 Å². The minimum absolute atomic E-state index is 0.137. The maximum Gasteiger partial charge on any atom is 0.146 e. The topological polar surface area (TPSA) is 59.9 Å². The van der Waals surface area contributed by atoms with Crippen LogP contribution in [0.15, 0.2) is 24.4 Å². The molecule has 0 aliphatic heterocycles. The number of nitrogens with zero attached hydrogens (tertiary/aromatic N) is 3. The Bertz CT molecular complexity index is 620. The van der Waals surface area contributed by atoms with Crippen LogP contribution in [0.3, 0.4) is 0 Å². The van der Waals surface area contributed by atoms with E-state index in [9.17, 15) is 0 Å². The molecule has 0 atom stereocenters. The predicted molar refractivity (Wildman–Crippen MR) is 84.7 cm³/mol. The number of rotatable bonds is 4. The number of nitrogens with one attached hydrogen (secondary N) is 1. The molecule has 112 valence electrons. The highest BCUT2D eigenvalue weighted by Crippen LogP contribution is 2.29. The van der Waals surface area contributed by atoms with Crippen LogP contribution in [0.4, 0.5) is 5.82 Å². The summed E-state index contributed by atoms with van der Waals surface area (Å²) in [6.07, 6.45) is 1.74. The molecule has 2 aromatic rings. The molecule has 2 rings (SSSR count). The third-order valence-corrected chi connectivity index (χ3v) is 2.99. The second kappa shape index (κ2) is 6.08. The summed E-state index contributed by atoms with van der Waals surface area (Å²) in [6, 6.07) is 5.64. The first-order valence-electron chi connectivity index (χ1n) is 7.08. The van der Waals surface area contributed by atoms with Crippen molar-refractivity contribution in [2.75, 3.05) is 19.0 Å². The van der Waals surface area contributed by atoms with Gasteiger partial charge in [0.05, 0.1) is 12.8 Å². The Labute approximate surface area is 125 Å². The molecule has 0 fully saturated rings. The van der Waals surface area contributed by atoms with Gasteiger partial charge in [0.1, 0.15) is 23.1 Å². The maximum atomic E-state index is 5.38. The van der Waals surface area contributed by atoms with E-state index in [2.05, 4.69) is 41.0 Å². The van der Waals surface area contributed by atoms with Crippen molar-refractivity contribution < 1.29 is 4.74 Å². The molecule has 0 radical (unpaired) electrons. The summed E-state index contributed by atoms with van der Waals surface area (Å²) in [5.74, 6) is 2.29. The lowest BCUT2D eigenvalue weighted by Gasteiger charge is -2.19. The highest BCUT2D eigenvalue weighted by Gasteiger charge is 2.20. The van der Waals surface area contributed by atoms with E-state index in [-0.39, 0.29) is 5.41 Å². The fraction of sp³-hybridized carbons (Fsp3) is 0.438. The molecule has 5 nitrogen and oxygen atoms in total. The summed E-state index contributed by atoms with van der Waals surface area (Å²) in [5, 5.41) is 3.25. The van der Waals surface area contributed by atoms with Gasteiger partial charge in [-0.2, -0.15) is 0 Å². The molecule has 0 unspecified atom stereocenters. The molecule has 0 amide bonds. The molecule has 2 heterocycles. The molecule has 5 heteroatoms. The normalized spacial score (nSPS) is 11.3.